The predicted octanol–water partition coefficient (Wildman–Crippen LogP) is 9.09. The summed E-state index contributed by atoms with van der Waals surface area (Å²) in [6.07, 6.45) is -15.6. The number of amides is 1. The normalized spacial score (nSPS) is 19.7. The van der Waals surface area contributed by atoms with Crippen molar-refractivity contribution in [2.75, 3.05) is 18.0 Å². The summed E-state index contributed by atoms with van der Waals surface area (Å²) in [6.45, 7) is 2.57. The van der Waals surface area contributed by atoms with Gasteiger partial charge >= 0.3 is 24.6 Å². The maximum Gasteiger partial charge on any atom is 0.416 e. The van der Waals surface area contributed by atoms with Crippen molar-refractivity contribution in [3.63, 3.8) is 0 Å². The minimum absolute atomic E-state index is 0.0338. The highest BCUT2D eigenvalue weighted by molar-refractivity contribution is 5.75. The molecule has 0 aliphatic carbocycles. The summed E-state index contributed by atoms with van der Waals surface area (Å²) in [4.78, 5) is 16.1. The second-order valence-electron chi connectivity index (χ2n) is 10.6. The van der Waals surface area contributed by atoms with Gasteiger partial charge in [-0.15, -0.1) is 0 Å². The average Bonchev–Trinajstić information content (AvgIpc) is 3.56. The van der Waals surface area contributed by atoms with Gasteiger partial charge in [0.25, 0.3) is 0 Å². The minimum Gasteiger partial charge on any atom is -0.439 e. The highest BCUT2D eigenvalue weighted by atomic mass is 19.4. The Morgan fingerprint density at radius 2 is 1.37 bits per heavy atom. The van der Waals surface area contributed by atoms with Crippen molar-refractivity contribution in [1.82, 2.24) is 4.90 Å². The molecule has 2 fully saturated rings. The number of carbonyl (C=O) groups is 1. The van der Waals surface area contributed by atoms with Gasteiger partial charge in [-0.2, -0.15) is 39.5 Å². The van der Waals surface area contributed by atoms with E-state index in [4.69, 9.17) is 4.74 Å². The lowest BCUT2D eigenvalue weighted by atomic mass is 9.95. The molecule has 0 saturated carbocycles. The van der Waals surface area contributed by atoms with Crippen LogP contribution in [-0.2, 0) is 29.8 Å². The summed E-state index contributed by atoms with van der Waals surface area (Å²) in [5.74, 6) is 0. The molecule has 0 bridgehead atoms. The molecule has 5 rings (SSSR count). The van der Waals surface area contributed by atoms with Crippen LogP contribution in [0.25, 0.3) is 11.1 Å². The fourth-order valence-electron chi connectivity index (χ4n) is 5.51. The second kappa shape index (κ2) is 11.0. The van der Waals surface area contributed by atoms with Crippen LogP contribution in [0.3, 0.4) is 0 Å². The lowest BCUT2D eigenvalue weighted by Crippen LogP contribution is -2.32. The van der Waals surface area contributed by atoms with Crippen LogP contribution in [0.2, 0.25) is 0 Å². The average molecular weight is 617 g/mol. The van der Waals surface area contributed by atoms with Gasteiger partial charge in [-0.25, -0.2) is 4.79 Å². The molecule has 2 aliphatic heterocycles. The molecule has 230 valence electrons. The van der Waals surface area contributed by atoms with Crippen molar-refractivity contribution in [3.05, 3.63) is 88.5 Å². The van der Waals surface area contributed by atoms with E-state index in [0.717, 1.165) is 48.7 Å². The van der Waals surface area contributed by atoms with Gasteiger partial charge < -0.3 is 9.64 Å². The maximum absolute atomic E-state index is 13.7. The van der Waals surface area contributed by atoms with Gasteiger partial charge in [0.2, 0.25) is 0 Å². The first-order valence-electron chi connectivity index (χ1n) is 13.3. The molecule has 2 saturated heterocycles. The van der Waals surface area contributed by atoms with Gasteiger partial charge in [-0.05, 0) is 84.5 Å². The summed E-state index contributed by atoms with van der Waals surface area (Å²) in [5, 5.41) is 0. The number of hydrogen-bond donors (Lipinski definition) is 0. The van der Waals surface area contributed by atoms with Gasteiger partial charge in [0.1, 0.15) is 6.10 Å². The molecular formula is C30H25F9N2O2. The summed E-state index contributed by atoms with van der Waals surface area (Å²) in [7, 11) is 0. The first kappa shape index (κ1) is 30.6. The number of benzene rings is 3. The van der Waals surface area contributed by atoms with E-state index < -0.39 is 65.6 Å². The van der Waals surface area contributed by atoms with Gasteiger partial charge in [0.05, 0.1) is 29.3 Å². The molecular weight excluding hydrogens is 591 g/mol. The van der Waals surface area contributed by atoms with Crippen LogP contribution in [0.1, 0.15) is 53.7 Å². The van der Waals surface area contributed by atoms with Crippen molar-refractivity contribution in [2.24, 2.45) is 0 Å². The van der Waals surface area contributed by atoms with Crippen LogP contribution < -0.4 is 4.90 Å². The third-order valence-corrected chi connectivity index (χ3v) is 7.73. The molecule has 0 unspecified atom stereocenters. The van der Waals surface area contributed by atoms with E-state index in [-0.39, 0.29) is 11.6 Å². The first-order valence-corrected chi connectivity index (χ1v) is 13.3. The summed E-state index contributed by atoms with van der Waals surface area (Å²) in [6, 6.07) is 10.1. The Bertz CT molecular complexity index is 1480. The van der Waals surface area contributed by atoms with Crippen LogP contribution in [0, 0.1) is 0 Å². The van der Waals surface area contributed by atoms with Crippen molar-refractivity contribution >= 4 is 11.8 Å². The van der Waals surface area contributed by atoms with Crippen LogP contribution in [0.4, 0.5) is 50.0 Å². The lowest BCUT2D eigenvalue weighted by molar-refractivity contribution is -0.143. The Kier molecular flexibility index (Phi) is 7.80. The number of rotatable bonds is 5. The highest BCUT2D eigenvalue weighted by Crippen LogP contribution is 2.42. The fourth-order valence-corrected chi connectivity index (χ4v) is 5.51. The van der Waals surface area contributed by atoms with E-state index in [1.807, 2.05) is 12.1 Å². The van der Waals surface area contributed by atoms with Crippen molar-refractivity contribution in [2.45, 2.75) is 57.0 Å². The largest absolute Gasteiger partial charge is 0.439 e. The molecule has 2 heterocycles. The van der Waals surface area contributed by atoms with E-state index in [1.165, 1.54) is 13.0 Å². The molecule has 2 aliphatic rings. The number of ether oxygens (including phenoxy) is 1. The molecule has 1 amide bonds. The summed E-state index contributed by atoms with van der Waals surface area (Å²) < 4.78 is 127. The number of carbonyl (C=O) groups excluding carboxylic acids is 1. The second-order valence-corrected chi connectivity index (χ2v) is 10.6. The monoisotopic (exact) mass is 616 g/mol. The van der Waals surface area contributed by atoms with Crippen molar-refractivity contribution in [1.29, 1.82) is 0 Å². The van der Waals surface area contributed by atoms with Gasteiger partial charge in [-0.1, -0.05) is 18.2 Å². The molecule has 4 nitrogen and oxygen atoms in total. The van der Waals surface area contributed by atoms with Crippen LogP contribution in [0.5, 0.6) is 0 Å². The summed E-state index contributed by atoms with van der Waals surface area (Å²) >= 11 is 0. The zero-order valence-electron chi connectivity index (χ0n) is 22.6. The molecule has 0 aromatic heterocycles. The lowest BCUT2D eigenvalue weighted by Gasteiger charge is -2.24. The number of nitrogens with zero attached hydrogens (tertiary/aromatic N) is 2. The SMILES string of the molecule is C[C@@H]1[C@@H](c2cc(C(F)(F)F)cc(C(F)(F)F)c2)OC(=O)N1Cc1cc(C(F)(F)F)ccc1-c1cccc(N2CCCC2)c1. The standard InChI is InChI=1S/C30H25F9N2O2/c1-17-26(19-11-22(29(34,35)36)15-23(12-19)30(37,38)39)43-27(42)41(17)16-20-13-21(28(31,32)33)7-8-25(20)18-5-4-6-24(14-18)40-9-2-3-10-40/h4-8,11-15,17,26H,2-3,9-10,16H2,1H3/t17-,26+/m1/s1. The minimum atomic E-state index is -5.11. The topological polar surface area (TPSA) is 32.8 Å². The molecule has 0 N–H and O–H groups in total. The van der Waals surface area contributed by atoms with E-state index in [2.05, 4.69) is 4.90 Å². The number of hydrogen-bond acceptors (Lipinski definition) is 3. The van der Waals surface area contributed by atoms with Gasteiger partial charge in [0, 0.05) is 18.8 Å². The zero-order chi connectivity index (χ0) is 31.3. The molecule has 43 heavy (non-hydrogen) atoms. The molecule has 3 aromatic carbocycles. The third kappa shape index (κ3) is 6.40. The van der Waals surface area contributed by atoms with Gasteiger partial charge in [-0.3, -0.25) is 4.90 Å². The van der Waals surface area contributed by atoms with E-state index in [9.17, 15) is 44.3 Å². The molecule has 0 radical (unpaired) electrons. The number of anilines is 1. The fraction of sp³-hybridized carbons (Fsp3) is 0.367. The molecule has 2 atom stereocenters. The van der Waals surface area contributed by atoms with Crippen LogP contribution in [0.15, 0.2) is 60.7 Å². The quantitative estimate of drug-likeness (QED) is 0.268. The number of cyclic esters (lactones) is 1. The molecule has 13 heteroatoms. The smallest absolute Gasteiger partial charge is 0.416 e. The number of alkyl halides is 9. The van der Waals surface area contributed by atoms with E-state index >= 15 is 0 Å². The first-order chi connectivity index (χ1) is 20.0. The highest BCUT2D eigenvalue weighted by Gasteiger charge is 2.43. The Morgan fingerprint density at radius 3 is 1.95 bits per heavy atom. The van der Waals surface area contributed by atoms with Gasteiger partial charge in [0.15, 0.2) is 0 Å². The Labute approximate surface area is 240 Å². The summed E-state index contributed by atoms with van der Waals surface area (Å²) in [5.41, 5.74) is -2.74. The Morgan fingerprint density at radius 1 is 0.767 bits per heavy atom. The molecule has 0 spiro atoms. The maximum atomic E-state index is 13.7. The van der Waals surface area contributed by atoms with Crippen molar-refractivity contribution in [3.8, 4) is 11.1 Å². The predicted molar refractivity (Wildman–Crippen MR) is 139 cm³/mol. The van der Waals surface area contributed by atoms with E-state index in [1.54, 1.807) is 12.1 Å². The molecule has 3 aromatic rings. The van der Waals surface area contributed by atoms with Crippen LogP contribution >= 0.6 is 0 Å². The zero-order valence-corrected chi connectivity index (χ0v) is 22.6. The van der Waals surface area contributed by atoms with E-state index in [0.29, 0.717) is 23.3 Å². The van der Waals surface area contributed by atoms with Crippen LogP contribution in [-0.4, -0.2) is 30.1 Å². The Hall–Kier alpha value is -3.90. The Balaban J connectivity index is 1.52. The number of halogens is 9. The van der Waals surface area contributed by atoms with Crippen molar-refractivity contribution < 1.29 is 49.0 Å². The third-order valence-electron chi connectivity index (χ3n) is 7.73.